The first-order valence-electron chi connectivity index (χ1n) is 23.7. The van der Waals surface area contributed by atoms with Crippen LogP contribution in [0, 0.1) is 27.7 Å². The molecule has 0 aliphatic heterocycles. The molecule has 0 spiro atoms. The molecule has 0 radical (unpaired) electrons. The Hall–Kier alpha value is -8.63. The minimum absolute atomic E-state index is 0.249. The van der Waals surface area contributed by atoms with Crippen LogP contribution in [0.4, 0.5) is 26.3 Å². The molecule has 11 aromatic rings. The van der Waals surface area contributed by atoms with Crippen LogP contribution in [-0.2, 0) is 12.4 Å². The predicted molar refractivity (Wildman–Crippen MR) is 281 cm³/mol. The molecule has 0 aliphatic carbocycles. The van der Waals surface area contributed by atoms with Gasteiger partial charge in [0.15, 0.2) is 17.5 Å². The summed E-state index contributed by atoms with van der Waals surface area (Å²) in [5, 5.41) is 1.80. The van der Waals surface area contributed by atoms with Crippen LogP contribution in [-0.4, -0.2) is 19.5 Å². The van der Waals surface area contributed by atoms with Gasteiger partial charge < -0.3 is 4.57 Å². The highest BCUT2D eigenvalue weighted by molar-refractivity contribution is 6.13. The first-order valence-corrected chi connectivity index (χ1v) is 23.7. The first kappa shape index (κ1) is 46.7. The van der Waals surface area contributed by atoms with E-state index in [9.17, 15) is 26.3 Å². The van der Waals surface area contributed by atoms with E-state index in [-0.39, 0.29) is 5.82 Å². The largest absolute Gasteiger partial charge is 0.416 e. The third-order valence-corrected chi connectivity index (χ3v) is 13.2. The number of alkyl halides is 6. The molecule has 0 saturated heterocycles. The molecule has 9 aromatic carbocycles. The van der Waals surface area contributed by atoms with E-state index < -0.39 is 23.5 Å². The summed E-state index contributed by atoms with van der Waals surface area (Å²) in [5.41, 5.74) is 12.6. The Morgan fingerprint density at radius 3 is 1.01 bits per heavy atom. The summed E-state index contributed by atoms with van der Waals surface area (Å²) in [4.78, 5) is 14.9. The quantitative estimate of drug-likeness (QED) is 0.143. The van der Waals surface area contributed by atoms with Gasteiger partial charge in [-0.3, -0.25) is 0 Å². The highest BCUT2D eigenvalue weighted by atomic mass is 19.4. The van der Waals surface area contributed by atoms with Crippen LogP contribution in [0.5, 0.6) is 0 Å². The van der Waals surface area contributed by atoms with Gasteiger partial charge in [-0.05, 0) is 122 Å². The van der Waals surface area contributed by atoms with Crippen LogP contribution in [0.1, 0.15) is 33.4 Å². The van der Waals surface area contributed by atoms with Gasteiger partial charge in [-0.2, -0.15) is 26.3 Å². The van der Waals surface area contributed by atoms with Crippen molar-refractivity contribution < 1.29 is 26.3 Å². The molecule has 0 N–H and O–H groups in total. The predicted octanol–water partition coefficient (Wildman–Crippen LogP) is 17.9. The van der Waals surface area contributed by atoms with Crippen molar-refractivity contribution in [2.24, 2.45) is 0 Å². The summed E-state index contributed by atoms with van der Waals surface area (Å²) in [7, 11) is 0. The van der Waals surface area contributed by atoms with E-state index in [1.54, 1.807) is 0 Å². The second-order valence-corrected chi connectivity index (χ2v) is 18.7. The van der Waals surface area contributed by atoms with E-state index >= 15 is 0 Å². The van der Waals surface area contributed by atoms with Crippen LogP contribution >= 0.6 is 0 Å². The molecule has 0 amide bonds. The van der Waals surface area contributed by atoms with Gasteiger partial charge in [-0.15, -0.1) is 0 Å². The summed E-state index contributed by atoms with van der Waals surface area (Å²) in [5.74, 6) is 1.00. The molecule has 0 fully saturated rings. The van der Waals surface area contributed by atoms with Gasteiger partial charge in [0.05, 0.1) is 27.8 Å². The summed E-state index contributed by atoms with van der Waals surface area (Å²) >= 11 is 0. The number of hydrogen-bond donors (Lipinski definition) is 0. The van der Waals surface area contributed by atoms with Crippen molar-refractivity contribution in [3.8, 4) is 84.4 Å². The molecule has 358 valence electrons. The van der Waals surface area contributed by atoms with E-state index in [1.807, 2.05) is 84.9 Å². The van der Waals surface area contributed by atoms with E-state index in [0.717, 1.165) is 102 Å². The fraction of sp³-hybridized carbons (Fsp3) is 0.0952. The molecule has 4 nitrogen and oxygen atoms in total. The zero-order chi connectivity index (χ0) is 50.8. The number of halogens is 6. The van der Waals surface area contributed by atoms with E-state index in [4.69, 9.17) is 15.0 Å². The summed E-state index contributed by atoms with van der Waals surface area (Å²) < 4.78 is 87.9. The van der Waals surface area contributed by atoms with Crippen molar-refractivity contribution in [2.45, 2.75) is 40.0 Å². The Labute approximate surface area is 418 Å². The monoisotopic (exact) mass is 970 g/mol. The molecule has 0 atom stereocenters. The van der Waals surface area contributed by atoms with Gasteiger partial charge >= 0.3 is 12.4 Å². The zero-order valence-electron chi connectivity index (χ0n) is 40.0. The second-order valence-electron chi connectivity index (χ2n) is 18.7. The number of fused-ring (bicyclic) bond motifs is 3. The lowest BCUT2D eigenvalue weighted by Crippen LogP contribution is -2.06. The Morgan fingerprint density at radius 2 is 0.658 bits per heavy atom. The lowest BCUT2D eigenvalue weighted by Gasteiger charge is -2.22. The molecule has 0 aliphatic rings. The van der Waals surface area contributed by atoms with E-state index in [0.29, 0.717) is 45.2 Å². The SMILES string of the molecule is Cc1cc(C)cc(-c2ccc3c(c2)c2cc(-c4cc(C)cc(C)c4)ccc2n3-c2c(-c3ccc(C(F)(F)F)cc3)cc(-c3nc(-c4ccccc4)nc(-c4ccccc4)n3)cc2-c2ccc(C(F)(F)F)cc2)c1. The molecule has 0 bridgehead atoms. The maximum Gasteiger partial charge on any atom is 0.416 e. The third kappa shape index (κ3) is 9.17. The minimum atomic E-state index is -4.62. The van der Waals surface area contributed by atoms with Gasteiger partial charge in [0, 0.05) is 38.6 Å². The minimum Gasteiger partial charge on any atom is -0.308 e. The molecule has 2 aromatic heterocycles. The van der Waals surface area contributed by atoms with Crippen LogP contribution in [0.3, 0.4) is 0 Å². The fourth-order valence-corrected chi connectivity index (χ4v) is 9.97. The first-order chi connectivity index (χ1) is 35.0. The highest BCUT2D eigenvalue weighted by Crippen LogP contribution is 2.46. The maximum absolute atomic E-state index is 14.3. The van der Waals surface area contributed by atoms with Gasteiger partial charge in [0.1, 0.15) is 0 Å². The van der Waals surface area contributed by atoms with E-state index in [2.05, 4.69) is 92.9 Å². The van der Waals surface area contributed by atoms with Gasteiger partial charge in [0.2, 0.25) is 0 Å². The number of aryl methyl sites for hydroxylation is 4. The number of hydrogen-bond acceptors (Lipinski definition) is 3. The standard InChI is InChI=1S/C63H44F6N4/c1-37-27-38(2)30-47(29-37)45-19-25-56-54(33-45)55-34-46(48-31-39(3)28-40(4)32-48)20-26-57(55)73(56)58-52(41-15-21-50(22-16-41)62(64,65)66)35-49(36-53(58)42-17-23-51(24-18-42)63(67,68)69)61-71-59(43-11-7-5-8-12-43)70-60(72-61)44-13-9-6-10-14-44/h5-36H,1-4H3. The van der Waals surface area contributed by atoms with Crippen molar-refractivity contribution >= 4 is 21.8 Å². The van der Waals surface area contributed by atoms with Crippen LogP contribution in [0.2, 0.25) is 0 Å². The fourth-order valence-electron chi connectivity index (χ4n) is 9.97. The van der Waals surface area contributed by atoms with Crippen LogP contribution in [0.15, 0.2) is 194 Å². The normalized spacial score (nSPS) is 12.0. The number of aromatic nitrogens is 4. The molecule has 73 heavy (non-hydrogen) atoms. The lowest BCUT2D eigenvalue weighted by atomic mass is 9.91. The maximum atomic E-state index is 14.3. The topological polar surface area (TPSA) is 43.6 Å². The average Bonchev–Trinajstić information content (AvgIpc) is 3.70. The van der Waals surface area contributed by atoms with Gasteiger partial charge in [0.25, 0.3) is 0 Å². The zero-order valence-corrected chi connectivity index (χ0v) is 40.0. The average molecular weight is 971 g/mol. The smallest absolute Gasteiger partial charge is 0.308 e. The van der Waals surface area contributed by atoms with Gasteiger partial charge in [-0.1, -0.05) is 156 Å². The Balaban J connectivity index is 1.27. The highest BCUT2D eigenvalue weighted by Gasteiger charge is 2.32. The van der Waals surface area contributed by atoms with Crippen molar-refractivity contribution in [3.05, 3.63) is 228 Å². The Morgan fingerprint density at radius 1 is 0.315 bits per heavy atom. The third-order valence-electron chi connectivity index (χ3n) is 13.2. The van der Waals surface area contributed by atoms with Crippen molar-refractivity contribution in [3.63, 3.8) is 0 Å². The van der Waals surface area contributed by atoms with E-state index in [1.165, 1.54) is 24.3 Å². The number of benzene rings is 9. The van der Waals surface area contributed by atoms with Crippen molar-refractivity contribution in [2.75, 3.05) is 0 Å². The number of rotatable bonds is 8. The Bertz CT molecular complexity index is 3610. The molecular weight excluding hydrogens is 927 g/mol. The summed E-state index contributed by atoms with van der Waals surface area (Å²) in [6.45, 7) is 8.25. The van der Waals surface area contributed by atoms with Gasteiger partial charge in [-0.25, -0.2) is 15.0 Å². The van der Waals surface area contributed by atoms with Crippen molar-refractivity contribution in [1.82, 2.24) is 19.5 Å². The molecule has 11 rings (SSSR count). The Kier molecular flexibility index (Phi) is 11.7. The van der Waals surface area contributed by atoms with Crippen LogP contribution in [0.25, 0.3) is 106 Å². The molecule has 0 saturated carbocycles. The molecule has 0 unspecified atom stereocenters. The summed E-state index contributed by atoms with van der Waals surface area (Å²) in [6, 6.07) is 57.8. The summed E-state index contributed by atoms with van der Waals surface area (Å²) in [6.07, 6.45) is -9.23. The lowest BCUT2D eigenvalue weighted by molar-refractivity contribution is -0.138. The molecule has 2 heterocycles. The molecular formula is C63H44F6N4. The van der Waals surface area contributed by atoms with Crippen LogP contribution < -0.4 is 0 Å². The second kappa shape index (κ2) is 18.2. The number of nitrogens with zero attached hydrogens (tertiary/aromatic N) is 4. The van der Waals surface area contributed by atoms with Crippen molar-refractivity contribution in [1.29, 1.82) is 0 Å². The molecule has 10 heteroatoms.